The van der Waals surface area contributed by atoms with E-state index < -0.39 is 0 Å². The predicted octanol–water partition coefficient (Wildman–Crippen LogP) is 2.66. The van der Waals surface area contributed by atoms with Gasteiger partial charge < -0.3 is 19.5 Å². The van der Waals surface area contributed by atoms with Gasteiger partial charge in [-0.05, 0) is 44.0 Å². The van der Waals surface area contributed by atoms with Gasteiger partial charge in [-0.25, -0.2) is 0 Å². The van der Waals surface area contributed by atoms with E-state index in [1.807, 2.05) is 12.1 Å². The fourth-order valence-corrected chi connectivity index (χ4v) is 2.00. The summed E-state index contributed by atoms with van der Waals surface area (Å²) in [4.78, 5) is 0. The summed E-state index contributed by atoms with van der Waals surface area (Å²) in [5, 5.41) is 3.50. The average Bonchev–Trinajstić information content (AvgIpc) is 2.50. The first-order valence-electron chi connectivity index (χ1n) is 7.78. The third-order valence-corrected chi connectivity index (χ3v) is 3.14. The van der Waals surface area contributed by atoms with Gasteiger partial charge in [-0.1, -0.05) is 19.1 Å². The molecule has 0 aliphatic heterocycles. The molecule has 1 aromatic carbocycles. The highest BCUT2D eigenvalue weighted by Gasteiger charge is 2.02. The Balaban J connectivity index is 2.20. The summed E-state index contributed by atoms with van der Waals surface area (Å²) in [5.74, 6) is 0.892. The fraction of sp³-hybridized carbons (Fsp3) is 0.647. The van der Waals surface area contributed by atoms with Crippen molar-refractivity contribution in [3.63, 3.8) is 0 Å². The molecular weight excluding hydrogens is 266 g/mol. The van der Waals surface area contributed by atoms with Gasteiger partial charge in [-0.2, -0.15) is 0 Å². The number of hydrogen-bond donors (Lipinski definition) is 1. The summed E-state index contributed by atoms with van der Waals surface area (Å²) in [7, 11) is 1.67. The minimum atomic E-state index is 0.505. The van der Waals surface area contributed by atoms with Gasteiger partial charge in [-0.3, -0.25) is 0 Å². The van der Waals surface area contributed by atoms with Gasteiger partial charge in [0.15, 0.2) is 0 Å². The van der Waals surface area contributed by atoms with Crippen molar-refractivity contribution in [1.29, 1.82) is 0 Å². The van der Waals surface area contributed by atoms with Gasteiger partial charge in [0.05, 0.1) is 19.8 Å². The topological polar surface area (TPSA) is 39.7 Å². The number of methoxy groups -OCH3 is 1. The van der Waals surface area contributed by atoms with E-state index in [1.165, 1.54) is 12.0 Å². The minimum Gasteiger partial charge on any atom is -0.491 e. The van der Waals surface area contributed by atoms with Crippen LogP contribution in [0.4, 0.5) is 0 Å². The molecule has 0 radical (unpaired) electrons. The standard InChI is InChI=1S/C17H29NO3/c1-4-9-18-15(2)14-16-5-7-17(8-6-16)21-13-12-20-11-10-19-3/h5-8,15,18H,4,9-14H2,1-3H3. The van der Waals surface area contributed by atoms with Crippen molar-refractivity contribution in [2.75, 3.05) is 40.1 Å². The molecule has 1 unspecified atom stereocenters. The number of ether oxygens (including phenoxy) is 3. The average molecular weight is 295 g/mol. The molecule has 0 aliphatic rings. The molecule has 1 rings (SSSR count). The molecule has 120 valence electrons. The zero-order chi connectivity index (χ0) is 15.3. The molecule has 0 bridgehead atoms. The Morgan fingerprint density at radius 2 is 1.76 bits per heavy atom. The van der Waals surface area contributed by atoms with Crippen molar-refractivity contribution in [3.8, 4) is 5.75 Å². The first kappa shape index (κ1) is 18.0. The lowest BCUT2D eigenvalue weighted by molar-refractivity contribution is 0.0544. The smallest absolute Gasteiger partial charge is 0.119 e. The van der Waals surface area contributed by atoms with E-state index in [1.54, 1.807) is 7.11 Å². The monoisotopic (exact) mass is 295 g/mol. The maximum absolute atomic E-state index is 5.63. The lowest BCUT2D eigenvalue weighted by atomic mass is 10.1. The Morgan fingerprint density at radius 1 is 1.05 bits per heavy atom. The number of benzene rings is 1. The summed E-state index contributed by atoms with van der Waals surface area (Å²) < 4.78 is 15.9. The van der Waals surface area contributed by atoms with Crippen LogP contribution in [-0.2, 0) is 15.9 Å². The first-order valence-corrected chi connectivity index (χ1v) is 7.78. The van der Waals surface area contributed by atoms with Crippen molar-refractivity contribution in [2.45, 2.75) is 32.7 Å². The summed E-state index contributed by atoms with van der Waals surface area (Å²) >= 11 is 0. The first-order chi connectivity index (χ1) is 10.3. The highest BCUT2D eigenvalue weighted by atomic mass is 16.5. The van der Waals surface area contributed by atoms with Crippen LogP contribution in [0.1, 0.15) is 25.8 Å². The SMILES string of the molecule is CCCNC(C)Cc1ccc(OCCOCCOC)cc1. The van der Waals surface area contributed by atoms with Crippen LogP contribution in [0.2, 0.25) is 0 Å². The summed E-state index contributed by atoms with van der Waals surface area (Å²) in [6.45, 7) is 7.87. The van der Waals surface area contributed by atoms with E-state index in [-0.39, 0.29) is 0 Å². The molecule has 0 spiro atoms. The Labute approximate surface area is 128 Å². The Hall–Kier alpha value is -1.10. The molecule has 0 heterocycles. The molecule has 4 nitrogen and oxygen atoms in total. The highest BCUT2D eigenvalue weighted by Crippen LogP contribution is 2.13. The van der Waals surface area contributed by atoms with E-state index in [9.17, 15) is 0 Å². The molecule has 0 saturated carbocycles. The van der Waals surface area contributed by atoms with E-state index in [0.29, 0.717) is 32.5 Å². The second kappa shape index (κ2) is 11.5. The van der Waals surface area contributed by atoms with Gasteiger partial charge in [0.1, 0.15) is 12.4 Å². The molecule has 0 aliphatic carbocycles. The lowest BCUT2D eigenvalue weighted by Gasteiger charge is -2.13. The summed E-state index contributed by atoms with van der Waals surface area (Å²) in [6, 6.07) is 8.82. The van der Waals surface area contributed by atoms with Gasteiger partial charge in [0.2, 0.25) is 0 Å². The van der Waals surface area contributed by atoms with Crippen molar-refractivity contribution in [1.82, 2.24) is 5.32 Å². The van der Waals surface area contributed by atoms with Crippen LogP contribution in [0.25, 0.3) is 0 Å². The minimum absolute atomic E-state index is 0.505. The number of rotatable bonds is 12. The van der Waals surface area contributed by atoms with Crippen LogP contribution in [-0.4, -0.2) is 46.1 Å². The van der Waals surface area contributed by atoms with Crippen LogP contribution in [0, 0.1) is 0 Å². The van der Waals surface area contributed by atoms with Crippen molar-refractivity contribution in [2.24, 2.45) is 0 Å². The third-order valence-electron chi connectivity index (χ3n) is 3.14. The molecule has 21 heavy (non-hydrogen) atoms. The number of hydrogen-bond acceptors (Lipinski definition) is 4. The Morgan fingerprint density at radius 3 is 2.43 bits per heavy atom. The second-order valence-corrected chi connectivity index (χ2v) is 5.16. The molecular formula is C17H29NO3. The van der Waals surface area contributed by atoms with Crippen LogP contribution in [0.15, 0.2) is 24.3 Å². The number of nitrogens with one attached hydrogen (secondary N) is 1. The van der Waals surface area contributed by atoms with E-state index >= 15 is 0 Å². The quantitative estimate of drug-likeness (QED) is 0.602. The largest absolute Gasteiger partial charge is 0.491 e. The lowest BCUT2D eigenvalue weighted by Crippen LogP contribution is -2.28. The van der Waals surface area contributed by atoms with Gasteiger partial charge >= 0.3 is 0 Å². The van der Waals surface area contributed by atoms with Crippen molar-refractivity contribution in [3.05, 3.63) is 29.8 Å². The molecule has 0 fully saturated rings. The van der Waals surface area contributed by atoms with E-state index in [0.717, 1.165) is 18.7 Å². The van der Waals surface area contributed by atoms with E-state index in [4.69, 9.17) is 14.2 Å². The third kappa shape index (κ3) is 8.71. The van der Waals surface area contributed by atoms with Crippen molar-refractivity contribution < 1.29 is 14.2 Å². The zero-order valence-corrected chi connectivity index (χ0v) is 13.6. The van der Waals surface area contributed by atoms with E-state index in [2.05, 4.69) is 31.3 Å². The predicted molar refractivity (Wildman–Crippen MR) is 86.1 cm³/mol. The Kier molecular flexibility index (Phi) is 9.87. The van der Waals surface area contributed by atoms with Crippen LogP contribution in [0.5, 0.6) is 5.75 Å². The summed E-state index contributed by atoms with van der Waals surface area (Å²) in [5.41, 5.74) is 1.33. The summed E-state index contributed by atoms with van der Waals surface area (Å²) in [6.07, 6.45) is 2.21. The fourth-order valence-electron chi connectivity index (χ4n) is 2.00. The maximum Gasteiger partial charge on any atom is 0.119 e. The molecule has 1 N–H and O–H groups in total. The molecule has 4 heteroatoms. The van der Waals surface area contributed by atoms with Gasteiger partial charge in [0.25, 0.3) is 0 Å². The zero-order valence-electron chi connectivity index (χ0n) is 13.6. The molecule has 1 atom stereocenters. The normalized spacial score (nSPS) is 12.3. The second-order valence-electron chi connectivity index (χ2n) is 5.16. The molecule has 1 aromatic rings. The molecule has 0 amide bonds. The van der Waals surface area contributed by atoms with Crippen LogP contribution >= 0.6 is 0 Å². The molecule has 0 aromatic heterocycles. The van der Waals surface area contributed by atoms with Gasteiger partial charge in [0, 0.05) is 13.2 Å². The van der Waals surface area contributed by atoms with Crippen LogP contribution in [0.3, 0.4) is 0 Å². The van der Waals surface area contributed by atoms with Gasteiger partial charge in [-0.15, -0.1) is 0 Å². The maximum atomic E-state index is 5.63. The van der Waals surface area contributed by atoms with Crippen LogP contribution < -0.4 is 10.1 Å². The van der Waals surface area contributed by atoms with Crippen molar-refractivity contribution >= 4 is 0 Å². The molecule has 0 saturated heterocycles. The highest BCUT2D eigenvalue weighted by molar-refractivity contribution is 5.27. The Bertz CT molecular complexity index is 354.